The van der Waals surface area contributed by atoms with Crippen LogP contribution in [0.3, 0.4) is 0 Å². The topological polar surface area (TPSA) is 76.5 Å². The Labute approximate surface area is 115 Å². The lowest BCUT2D eigenvalue weighted by Crippen LogP contribution is -1.94. The van der Waals surface area contributed by atoms with Gasteiger partial charge < -0.3 is 15.3 Å². The van der Waals surface area contributed by atoms with Crippen molar-refractivity contribution in [1.29, 1.82) is 0 Å². The number of furan rings is 1. The van der Waals surface area contributed by atoms with Crippen molar-refractivity contribution in [1.82, 2.24) is 0 Å². The number of nitrogen functional groups attached to an aromatic ring is 1. The molecular formula is C14H15NO3S. The lowest BCUT2D eigenvalue weighted by Gasteiger charge is -2.11. The van der Waals surface area contributed by atoms with Crippen molar-refractivity contribution >= 4 is 23.4 Å². The molecule has 1 heterocycles. The molecule has 2 rings (SSSR count). The first-order valence-corrected chi connectivity index (χ1v) is 6.71. The Bertz CT molecular complexity index is 606. The molecule has 0 fully saturated rings. The van der Waals surface area contributed by atoms with E-state index < -0.39 is 5.97 Å². The maximum absolute atomic E-state index is 10.8. The van der Waals surface area contributed by atoms with Crippen LogP contribution in [-0.2, 0) is 0 Å². The highest BCUT2D eigenvalue weighted by Crippen LogP contribution is 2.39. The van der Waals surface area contributed by atoms with Crippen LogP contribution in [-0.4, -0.2) is 11.1 Å². The molecule has 1 aromatic carbocycles. The number of aryl methyl sites for hydroxylation is 1. The molecule has 1 atom stereocenters. The predicted molar refractivity (Wildman–Crippen MR) is 75.5 cm³/mol. The van der Waals surface area contributed by atoms with Gasteiger partial charge in [-0.05, 0) is 37.6 Å². The highest BCUT2D eigenvalue weighted by Gasteiger charge is 2.16. The SMILES string of the molecule is Cc1cccc(SC(C)c2ccc(C(=O)O)o2)c1N. The van der Waals surface area contributed by atoms with Crippen LogP contribution in [0.4, 0.5) is 5.69 Å². The summed E-state index contributed by atoms with van der Waals surface area (Å²) in [7, 11) is 0. The molecule has 0 aliphatic rings. The number of para-hydroxylation sites is 1. The van der Waals surface area contributed by atoms with Gasteiger partial charge in [0.2, 0.25) is 5.76 Å². The van der Waals surface area contributed by atoms with E-state index in [0.717, 1.165) is 16.1 Å². The van der Waals surface area contributed by atoms with Crippen LogP contribution in [0, 0.1) is 6.92 Å². The number of hydrogen-bond acceptors (Lipinski definition) is 4. The normalized spacial score (nSPS) is 12.3. The van der Waals surface area contributed by atoms with Crippen molar-refractivity contribution in [2.24, 2.45) is 0 Å². The Hall–Kier alpha value is -1.88. The number of benzene rings is 1. The molecule has 1 unspecified atom stereocenters. The molecule has 0 saturated heterocycles. The molecule has 0 saturated carbocycles. The Morgan fingerprint density at radius 2 is 2.11 bits per heavy atom. The second-order valence-corrected chi connectivity index (χ2v) is 5.64. The van der Waals surface area contributed by atoms with Crippen molar-refractivity contribution < 1.29 is 14.3 Å². The first-order valence-electron chi connectivity index (χ1n) is 5.84. The largest absolute Gasteiger partial charge is 0.475 e. The summed E-state index contributed by atoms with van der Waals surface area (Å²) in [6, 6.07) is 9.01. The number of aromatic carboxylic acids is 1. The van der Waals surface area contributed by atoms with Crippen molar-refractivity contribution in [3.8, 4) is 0 Å². The van der Waals surface area contributed by atoms with E-state index in [9.17, 15) is 4.79 Å². The van der Waals surface area contributed by atoms with Crippen LogP contribution in [0.5, 0.6) is 0 Å². The third kappa shape index (κ3) is 2.93. The van der Waals surface area contributed by atoms with E-state index in [-0.39, 0.29) is 11.0 Å². The van der Waals surface area contributed by atoms with E-state index in [1.807, 2.05) is 32.0 Å². The maximum atomic E-state index is 10.8. The van der Waals surface area contributed by atoms with Gasteiger partial charge in [-0.25, -0.2) is 4.79 Å². The Kier molecular flexibility index (Phi) is 3.85. The predicted octanol–water partition coefficient (Wildman–Crippen LogP) is 3.72. The van der Waals surface area contributed by atoms with Gasteiger partial charge in [-0.1, -0.05) is 12.1 Å². The molecular weight excluding hydrogens is 262 g/mol. The second kappa shape index (κ2) is 5.40. The zero-order valence-electron chi connectivity index (χ0n) is 10.7. The number of carboxylic acid groups (broad SMARTS) is 1. The van der Waals surface area contributed by atoms with Crippen molar-refractivity contribution in [2.45, 2.75) is 24.0 Å². The minimum Gasteiger partial charge on any atom is -0.475 e. The smallest absolute Gasteiger partial charge is 0.371 e. The number of hydrogen-bond donors (Lipinski definition) is 2. The van der Waals surface area contributed by atoms with Crippen molar-refractivity contribution in [3.05, 3.63) is 47.4 Å². The van der Waals surface area contributed by atoms with E-state index >= 15 is 0 Å². The van der Waals surface area contributed by atoms with E-state index in [2.05, 4.69) is 0 Å². The highest BCUT2D eigenvalue weighted by atomic mass is 32.2. The summed E-state index contributed by atoms with van der Waals surface area (Å²) in [6.07, 6.45) is 0. The Balaban J connectivity index is 2.18. The fourth-order valence-corrected chi connectivity index (χ4v) is 2.76. The molecule has 100 valence electrons. The van der Waals surface area contributed by atoms with E-state index in [1.54, 1.807) is 17.8 Å². The van der Waals surface area contributed by atoms with Crippen LogP contribution < -0.4 is 5.73 Å². The van der Waals surface area contributed by atoms with Gasteiger partial charge in [0, 0.05) is 10.6 Å². The molecule has 0 aliphatic carbocycles. The molecule has 2 aromatic rings. The number of anilines is 1. The van der Waals surface area contributed by atoms with Gasteiger partial charge in [0.1, 0.15) is 5.76 Å². The summed E-state index contributed by atoms with van der Waals surface area (Å²) in [5.41, 5.74) is 7.80. The van der Waals surface area contributed by atoms with Crippen LogP contribution in [0.15, 0.2) is 39.6 Å². The summed E-state index contributed by atoms with van der Waals surface area (Å²) in [4.78, 5) is 11.7. The minimum atomic E-state index is -1.06. The summed E-state index contributed by atoms with van der Waals surface area (Å²) in [5, 5.41) is 8.83. The molecule has 0 spiro atoms. The van der Waals surface area contributed by atoms with Crippen molar-refractivity contribution in [2.75, 3.05) is 5.73 Å². The quantitative estimate of drug-likeness (QED) is 0.658. The first kappa shape index (κ1) is 13.5. The summed E-state index contributed by atoms with van der Waals surface area (Å²) < 4.78 is 5.29. The lowest BCUT2D eigenvalue weighted by atomic mass is 10.2. The van der Waals surface area contributed by atoms with Gasteiger partial charge in [-0.3, -0.25) is 0 Å². The summed E-state index contributed by atoms with van der Waals surface area (Å²) >= 11 is 1.55. The molecule has 19 heavy (non-hydrogen) atoms. The average molecular weight is 277 g/mol. The standard InChI is InChI=1S/C14H15NO3S/c1-8-4-3-5-12(13(8)15)19-9(2)10-6-7-11(18-10)14(16)17/h3-7,9H,15H2,1-2H3,(H,16,17). The molecule has 0 aliphatic heterocycles. The number of thioether (sulfide) groups is 1. The van der Waals surface area contributed by atoms with Crippen LogP contribution in [0.25, 0.3) is 0 Å². The highest BCUT2D eigenvalue weighted by molar-refractivity contribution is 7.99. The number of nitrogens with two attached hydrogens (primary N) is 1. The fraction of sp³-hybridized carbons (Fsp3) is 0.214. The summed E-state index contributed by atoms with van der Waals surface area (Å²) in [6.45, 7) is 3.91. The molecule has 1 aromatic heterocycles. The van der Waals surface area contributed by atoms with E-state index in [1.165, 1.54) is 6.07 Å². The number of carboxylic acids is 1. The van der Waals surface area contributed by atoms with Gasteiger partial charge in [-0.2, -0.15) is 0 Å². The molecule has 0 bridgehead atoms. The summed E-state index contributed by atoms with van der Waals surface area (Å²) in [5.74, 6) is -0.471. The van der Waals surface area contributed by atoms with Crippen LogP contribution in [0.1, 0.15) is 34.1 Å². The fourth-order valence-electron chi connectivity index (χ4n) is 1.69. The van der Waals surface area contributed by atoms with E-state index in [0.29, 0.717) is 5.76 Å². The first-order chi connectivity index (χ1) is 8.99. The second-order valence-electron chi connectivity index (χ2n) is 4.25. The van der Waals surface area contributed by atoms with Crippen molar-refractivity contribution in [3.63, 3.8) is 0 Å². The number of rotatable bonds is 4. The van der Waals surface area contributed by atoms with Gasteiger partial charge in [-0.15, -0.1) is 11.8 Å². The third-order valence-electron chi connectivity index (χ3n) is 2.83. The maximum Gasteiger partial charge on any atom is 0.371 e. The van der Waals surface area contributed by atoms with Gasteiger partial charge >= 0.3 is 5.97 Å². The average Bonchev–Trinajstić information content (AvgIpc) is 2.84. The minimum absolute atomic E-state index is 0.00259. The van der Waals surface area contributed by atoms with Gasteiger partial charge in [0.15, 0.2) is 0 Å². The third-order valence-corrected chi connectivity index (χ3v) is 4.02. The monoisotopic (exact) mass is 277 g/mol. The van der Waals surface area contributed by atoms with Crippen LogP contribution in [0.2, 0.25) is 0 Å². The molecule has 4 nitrogen and oxygen atoms in total. The van der Waals surface area contributed by atoms with Gasteiger partial charge in [0.05, 0.1) is 5.25 Å². The van der Waals surface area contributed by atoms with E-state index in [4.69, 9.17) is 15.3 Å². The Morgan fingerprint density at radius 3 is 2.74 bits per heavy atom. The molecule has 5 heteroatoms. The molecule has 0 amide bonds. The number of carbonyl (C=O) groups is 1. The molecule has 0 radical (unpaired) electrons. The Morgan fingerprint density at radius 1 is 1.37 bits per heavy atom. The molecule has 3 N–H and O–H groups in total. The zero-order valence-corrected chi connectivity index (χ0v) is 11.5. The zero-order chi connectivity index (χ0) is 14.0. The lowest BCUT2D eigenvalue weighted by molar-refractivity contribution is 0.0660. The van der Waals surface area contributed by atoms with Crippen LogP contribution >= 0.6 is 11.8 Å². The van der Waals surface area contributed by atoms with Gasteiger partial charge in [0.25, 0.3) is 0 Å².